The van der Waals surface area contributed by atoms with E-state index in [1.807, 2.05) is 11.0 Å². The van der Waals surface area contributed by atoms with E-state index < -0.39 is 12.0 Å². The van der Waals surface area contributed by atoms with Crippen LogP contribution in [0, 0.1) is 11.7 Å². The van der Waals surface area contributed by atoms with Crippen LogP contribution < -0.4 is 0 Å². The average molecular weight is 500 g/mol. The molecular formula is C26H30FN3O4S. The van der Waals surface area contributed by atoms with Crippen LogP contribution in [-0.2, 0) is 20.9 Å². The van der Waals surface area contributed by atoms with E-state index in [0.29, 0.717) is 31.6 Å². The molecule has 0 radical (unpaired) electrons. The number of allylic oxidation sites excluding steroid dienone is 1. The van der Waals surface area contributed by atoms with Gasteiger partial charge >= 0.3 is 5.97 Å². The number of thioether (sulfide) groups is 1. The van der Waals surface area contributed by atoms with Gasteiger partial charge in [0.15, 0.2) is 16.6 Å². The highest BCUT2D eigenvalue weighted by Gasteiger charge is 2.41. The maximum atomic E-state index is 14.8. The molecule has 35 heavy (non-hydrogen) atoms. The van der Waals surface area contributed by atoms with E-state index >= 15 is 0 Å². The molecule has 0 amide bonds. The molecular weight excluding hydrogens is 469 g/mol. The van der Waals surface area contributed by atoms with Crippen LogP contribution in [0.3, 0.4) is 0 Å². The molecule has 2 fully saturated rings. The number of hydrogen-bond donors (Lipinski definition) is 0. The molecule has 0 N–H and O–H groups in total. The fourth-order valence-corrected chi connectivity index (χ4v) is 5.39. The molecule has 0 spiro atoms. The van der Waals surface area contributed by atoms with Gasteiger partial charge in [0, 0.05) is 42.9 Å². The van der Waals surface area contributed by atoms with Crippen molar-refractivity contribution in [3.05, 3.63) is 65.3 Å². The summed E-state index contributed by atoms with van der Waals surface area (Å²) in [4.78, 5) is 39.1. The largest absolute Gasteiger partial charge is 0.461 e. The third kappa shape index (κ3) is 6.27. The molecule has 9 heteroatoms. The third-order valence-electron chi connectivity index (χ3n) is 6.27. The third-order valence-corrected chi connectivity index (χ3v) is 7.42. The summed E-state index contributed by atoms with van der Waals surface area (Å²) >= 11 is 1.28. The molecule has 2 atom stereocenters. The topological polar surface area (TPSA) is 81.5 Å². The van der Waals surface area contributed by atoms with E-state index in [1.54, 1.807) is 49.0 Å². The lowest BCUT2D eigenvalue weighted by Crippen LogP contribution is -2.43. The van der Waals surface area contributed by atoms with Crippen LogP contribution in [0.15, 0.2) is 48.2 Å². The number of halogens is 1. The molecule has 1 aliphatic heterocycles. The second-order valence-corrected chi connectivity index (χ2v) is 10.3. The number of rotatable bonds is 9. The Bertz CT molecular complexity index is 1130. The van der Waals surface area contributed by atoms with E-state index in [-0.39, 0.29) is 40.2 Å². The van der Waals surface area contributed by atoms with E-state index in [9.17, 15) is 18.8 Å². The molecule has 1 aliphatic carbocycles. The van der Waals surface area contributed by atoms with Crippen molar-refractivity contribution in [2.45, 2.75) is 50.9 Å². The van der Waals surface area contributed by atoms with Crippen molar-refractivity contribution < 1.29 is 23.5 Å². The number of ketones is 1. The minimum absolute atomic E-state index is 0.0123. The molecule has 0 bridgehead atoms. The first-order valence-electron chi connectivity index (χ1n) is 12.0. The summed E-state index contributed by atoms with van der Waals surface area (Å²) in [5.74, 6) is -0.792. The highest BCUT2D eigenvalue weighted by atomic mass is 32.2. The predicted octanol–water partition coefficient (Wildman–Crippen LogP) is 4.20. The zero-order valence-electron chi connectivity index (χ0n) is 20.0. The molecule has 186 valence electrons. The van der Waals surface area contributed by atoms with Crippen molar-refractivity contribution in [2.75, 3.05) is 19.7 Å². The summed E-state index contributed by atoms with van der Waals surface area (Å²) in [5, 5.41) is 4.28. The lowest BCUT2D eigenvalue weighted by atomic mass is 9.93. The number of aromatic nitrogens is 2. The smallest absolute Gasteiger partial charge is 0.358 e. The van der Waals surface area contributed by atoms with Gasteiger partial charge in [-0.15, -0.1) is 0 Å². The minimum atomic E-state index is -0.643. The number of nitrogens with zero attached hydrogens (tertiary/aromatic N) is 3. The summed E-state index contributed by atoms with van der Waals surface area (Å²) in [6.07, 6.45) is 6.08. The molecule has 7 nitrogen and oxygen atoms in total. The van der Waals surface area contributed by atoms with Crippen molar-refractivity contribution in [1.82, 2.24) is 14.7 Å². The Morgan fingerprint density at radius 2 is 2.00 bits per heavy atom. The van der Waals surface area contributed by atoms with Crippen LogP contribution >= 0.6 is 11.8 Å². The number of piperidine rings is 1. The number of carbonyl (C=O) groups excluding carboxylic acids is 3. The van der Waals surface area contributed by atoms with E-state index in [0.717, 1.165) is 18.4 Å². The Labute approximate surface area is 208 Å². The first-order valence-corrected chi connectivity index (χ1v) is 12.8. The van der Waals surface area contributed by atoms with Crippen LogP contribution in [0.1, 0.15) is 55.2 Å². The molecule has 2 aliphatic rings. The van der Waals surface area contributed by atoms with Gasteiger partial charge < -0.3 is 4.74 Å². The predicted molar refractivity (Wildman–Crippen MR) is 131 cm³/mol. The van der Waals surface area contributed by atoms with E-state index in [1.165, 1.54) is 17.8 Å². The Kier molecular flexibility index (Phi) is 8.18. The number of ether oxygens (including phenoxy) is 1. The first kappa shape index (κ1) is 25.3. The lowest BCUT2D eigenvalue weighted by molar-refractivity contribution is -0.126. The number of benzene rings is 1. The van der Waals surface area contributed by atoms with Gasteiger partial charge in [0.1, 0.15) is 5.82 Å². The van der Waals surface area contributed by atoms with Crippen molar-refractivity contribution in [3.8, 4) is 0 Å². The summed E-state index contributed by atoms with van der Waals surface area (Å²) < 4.78 is 21.4. The van der Waals surface area contributed by atoms with Crippen LogP contribution in [0.5, 0.6) is 0 Å². The summed E-state index contributed by atoms with van der Waals surface area (Å²) in [5.41, 5.74) is 1.64. The zero-order valence-corrected chi connectivity index (χ0v) is 20.8. The van der Waals surface area contributed by atoms with Crippen molar-refractivity contribution in [2.24, 2.45) is 5.92 Å². The molecule has 2 aromatic rings. The normalized spacial score (nSPS) is 20.5. The summed E-state index contributed by atoms with van der Waals surface area (Å²) in [6.45, 7) is 5.01. The fourth-order valence-electron chi connectivity index (χ4n) is 4.44. The summed E-state index contributed by atoms with van der Waals surface area (Å²) in [6, 6.07) is 7.45. The molecule has 2 heterocycles. The highest BCUT2D eigenvalue weighted by Crippen LogP contribution is 2.40. The van der Waals surface area contributed by atoms with Gasteiger partial charge in [-0.1, -0.05) is 36.0 Å². The number of carbonyl (C=O) groups is 3. The molecule has 1 aromatic heterocycles. The van der Waals surface area contributed by atoms with Gasteiger partial charge in [-0.2, -0.15) is 5.10 Å². The lowest BCUT2D eigenvalue weighted by Gasteiger charge is -2.38. The van der Waals surface area contributed by atoms with E-state index in [2.05, 4.69) is 5.10 Å². The van der Waals surface area contributed by atoms with Gasteiger partial charge in [-0.05, 0) is 43.9 Å². The van der Waals surface area contributed by atoms with Gasteiger partial charge in [-0.25, -0.2) is 9.18 Å². The molecule has 2 unspecified atom stereocenters. The number of likely N-dealkylation sites (tertiary alicyclic amines) is 1. The van der Waals surface area contributed by atoms with Gasteiger partial charge in [0.05, 0.1) is 19.2 Å². The van der Waals surface area contributed by atoms with E-state index in [4.69, 9.17) is 4.74 Å². The average Bonchev–Trinajstić information content (AvgIpc) is 3.57. The second-order valence-electron chi connectivity index (χ2n) is 8.88. The molecule has 4 rings (SSSR count). The highest BCUT2D eigenvalue weighted by molar-refractivity contribution is 8.14. The quantitative estimate of drug-likeness (QED) is 0.378. The Balaban J connectivity index is 1.57. The van der Waals surface area contributed by atoms with Crippen LogP contribution in [-0.4, -0.2) is 56.5 Å². The minimum Gasteiger partial charge on any atom is -0.461 e. The monoisotopic (exact) mass is 499 g/mol. The van der Waals surface area contributed by atoms with Crippen LogP contribution in [0.25, 0.3) is 0 Å². The fraction of sp³-hybridized carbons (Fsp3) is 0.462. The number of esters is 1. The molecule has 1 aromatic carbocycles. The zero-order chi connectivity index (χ0) is 24.9. The first-order chi connectivity index (χ1) is 16.9. The Morgan fingerprint density at radius 1 is 1.23 bits per heavy atom. The number of Topliss-reactive ketones (excluding diaryl/α,β-unsaturated/α-hetero) is 1. The SMILES string of the molecule is CCOC(=O)c1ccn(C/C=C2/CN(C(C(=O)C3CC3)c3ccccc3F)CCC2SC(C)=O)n1. The Hall–Kier alpha value is -2.78. The molecule has 1 saturated carbocycles. The Morgan fingerprint density at radius 3 is 2.69 bits per heavy atom. The van der Waals surface area contributed by atoms with Crippen LogP contribution in [0.2, 0.25) is 0 Å². The van der Waals surface area contributed by atoms with Gasteiger partial charge in [0.2, 0.25) is 0 Å². The van der Waals surface area contributed by atoms with Gasteiger partial charge in [-0.3, -0.25) is 19.2 Å². The summed E-state index contributed by atoms with van der Waals surface area (Å²) in [7, 11) is 0. The number of hydrogen-bond acceptors (Lipinski definition) is 7. The van der Waals surface area contributed by atoms with Crippen LogP contribution in [0.4, 0.5) is 4.39 Å². The van der Waals surface area contributed by atoms with Gasteiger partial charge in [0.25, 0.3) is 0 Å². The standard InChI is InChI=1S/C26H30FN3O4S/c1-3-34-26(33)22-11-15-30(28-22)14-10-19-16-29(13-12-23(19)35-17(2)31)24(25(32)18-8-9-18)20-6-4-5-7-21(20)27/h4-7,10-11,15,18,23-24H,3,8-9,12-14,16H2,1-2H3/b19-10-. The maximum Gasteiger partial charge on any atom is 0.358 e. The van der Waals surface area contributed by atoms with Crippen molar-refractivity contribution in [3.63, 3.8) is 0 Å². The maximum absolute atomic E-state index is 14.8. The van der Waals surface area contributed by atoms with Crippen molar-refractivity contribution in [1.29, 1.82) is 0 Å². The second kappa shape index (κ2) is 11.3. The molecule has 1 saturated heterocycles. The van der Waals surface area contributed by atoms with Crippen molar-refractivity contribution >= 4 is 28.6 Å².